The van der Waals surface area contributed by atoms with E-state index in [0.29, 0.717) is 16.9 Å². The van der Waals surface area contributed by atoms with Gasteiger partial charge in [0.15, 0.2) is 5.11 Å². The number of rotatable bonds is 9. The number of thiocarbonyl (C=S) groups is 1. The molecule has 12 heteroatoms. The Labute approximate surface area is 268 Å². The van der Waals surface area contributed by atoms with Gasteiger partial charge in [0.2, 0.25) is 0 Å². The molecule has 2 aliphatic rings. The molecule has 3 aromatic rings. The molecule has 0 radical (unpaired) electrons. The van der Waals surface area contributed by atoms with Crippen molar-refractivity contribution < 1.29 is 19.2 Å². The molecule has 0 bridgehead atoms. The first-order chi connectivity index (χ1) is 21.8. The van der Waals surface area contributed by atoms with E-state index in [0.717, 1.165) is 70.8 Å². The molecule has 0 unspecified atom stereocenters. The number of carbonyl (C=O) groups is 2. The number of benzene rings is 3. The molecule has 2 N–H and O–H groups in total. The third kappa shape index (κ3) is 8.14. The van der Waals surface area contributed by atoms with Crippen molar-refractivity contribution >= 4 is 52.0 Å². The number of nitro groups is 1. The van der Waals surface area contributed by atoms with Gasteiger partial charge in [0, 0.05) is 57.9 Å². The van der Waals surface area contributed by atoms with Gasteiger partial charge in [0.25, 0.3) is 11.6 Å². The van der Waals surface area contributed by atoms with Crippen LogP contribution in [0.1, 0.15) is 52.5 Å². The van der Waals surface area contributed by atoms with Crippen molar-refractivity contribution in [2.24, 2.45) is 0 Å². The van der Waals surface area contributed by atoms with Gasteiger partial charge in [0.1, 0.15) is 0 Å². The maximum atomic E-state index is 13.5. The lowest BCUT2D eigenvalue weighted by atomic mass is 10.1. The van der Waals surface area contributed by atoms with E-state index in [1.54, 1.807) is 25.1 Å². The zero-order valence-electron chi connectivity index (χ0n) is 25.4. The van der Waals surface area contributed by atoms with Crippen LogP contribution < -0.4 is 20.4 Å². The summed E-state index contributed by atoms with van der Waals surface area (Å²) in [6, 6.07) is 20.0. The van der Waals surface area contributed by atoms with Gasteiger partial charge in [-0.25, -0.2) is 4.79 Å². The minimum Gasteiger partial charge on any atom is -0.462 e. The van der Waals surface area contributed by atoms with Crippen LogP contribution in [0.15, 0.2) is 66.7 Å². The van der Waals surface area contributed by atoms with Crippen LogP contribution in [0.5, 0.6) is 0 Å². The van der Waals surface area contributed by atoms with E-state index in [9.17, 15) is 19.7 Å². The molecule has 3 aromatic carbocycles. The second-order valence-electron chi connectivity index (χ2n) is 11.1. The standard InChI is InChI=1S/C33H38N6O5S/c1-2-44-32(41)25-11-13-30(38-19-17-36(18-20-38)23-24-9-5-3-6-10-24)28(21-25)34-33(45)35-31(40)27-22-26(39(42)43)12-14-29(27)37-15-7-4-8-16-37/h3,5-6,9-14,21-22H,2,4,7-8,15-20,23H2,1H3,(H2,34,35,40,45). The Morgan fingerprint density at radius 1 is 0.889 bits per heavy atom. The Morgan fingerprint density at radius 2 is 1.58 bits per heavy atom. The Balaban J connectivity index is 1.33. The highest BCUT2D eigenvalue weighted by molar-refractivity contribution is 7.80. The van der Waals surface area contributed by atoms with Crippen LogP contribution in [0.3, 0.4) is 0 Å². The number of piperazine rings is 1. The molecule has 1 amide bonds. The van der Waals surface area contributed by atoms with Gasteiger partial charge in [0.05, 0.1) is 39.7 Å². The molecule has 2 aliphatic heterocycles. The van der Waals surface area contributed by atoms with E-state index in [4.69, 9.17) is 17.0 Å². The summed E-state index contributed by atoms with van der Waals surface area (Å²) < 4.78 is 5.22. The number of hydrogen-bond acceptors (Lipinski definition) is 9. The van der Waals surface area contributed by atoms with Crippen LogP contribution in [-0.2, 0) is 11.3 Å². The Morgan fingerprint density at radius 3 is 2.27 bits per heavy atom. The molecule has 5 rings (SSSR count). The van der Waals surface area contributed by atoms with Crippen molar-refractivity contribution in [2.75, 3.05) is 61.0 Å². The lowest BCUT2D eigenvalue weighted by Gasteiger charge is -2.37. The number of carbonyl (C=O) groups excluding carboxylic acids is 2. The minimum atomic E-state index is -0.547. The van der Waals surface area contributed by atoms with Gasteiger partial charge >= 0.3 is 5.97 Å². The topological polar surface area (TPSA) is 120 Å². The second-order valence-corrected chi connectivity index (χ2v) is 11.5. The summed E-state index contributed by atoms with van der Waals surface area (Å²) in [5.74, 6) is -1.01. The van der Waals surface area contributed by atoms with Gasteiger partial charge < -0.3 is 19.9 Å². The van der Waals surface area contributed by atoms with Gasteiger partial charge in [-0.2, -0.15) is 0 Å². The normalized spacial score (nSPS) is 15.3. The third-order valence-corrected chi connectivity index (χ3v) is 8.28. The lowest BCUT2D eigenvalue weighted by Crippen LogP contribution is -2.46. The van der Waals surface area contributed by atoms with Crippen LogP contribution in [0.25, 0.3) is 0 Å². The first-order valence-corrected chi connectivity index (χ1v) is 15.7. The van der Waals surface area contributed by atoms with E-state index >= 15 is 0 Å². The molecule has 2 heterocycles. The van der Waals surface area contributed by atoms with Gasteiger partial charge in [-0.05, 0) is 68.2 Å². The minimum absolute atomic E-state index is 0.0149. The molecule has 0 atom stereocenters. The van der Waals surface area contributed by atoms with E-state index < -0.39 is 16.8 Å². The fourth-order valence-electron chi connectivity index (χ4n) is 5.80. The van der Waals surface area contributed by atoms with Crippen molar-refractivity contribution in [3.8, 4) is 0 Å². The van der Waals surface area contributed by atoms with E-state index in [2.05, 4.69) is 37.5 Å². The van der Waals surface area contributed by atoms with Gasteiger partial charge in [-0.15, -0.1) is 0 Å². The summed E-state index contributed by atoms with van der Waals surface area (Å²) in [7, 11) is 0. The molecule has 236 valence electrons. The fraction of sp³-hybridized carbons (Fsp3) is 0.364. The SMILES string of the molecule is CCOC(=O)c1ccc(N2CCN(Cc3ccccc3)CC2)c(NC(=S)NC(=O)c2cc([N+](=O)[O-])ccc2N2CCCCC2)c1. The predicted octanol–water partition coefficient (Wildman–Crippen LogP) is 5.21. The van der Waals surface area contributed by atoms with Crippen molar-refractivity contribution in [2.45, 2.75) is 32.7 Å². The first kappa shape index (κ1) is 31.9. The molecular weight excluding hydrogens is 592 g/mol. The van der Waals surface area contributed by atoms with Crippen LogP contribution in [0, 0.1) is 10.1 Å². The van der Waals surface area contributed by atoms with Crippen molar-refractivity contribution in [1.29, 1.82) is 0 Å². The van der Waals surface area contributed by atoms with E-state index in [-0.39, 0.29) is 23.0 Å². The predicted molar refractivity (Wildman–Crippen MR) is 179 cm³/mol. The van der Waals surface area contributed by atoms with Crippen molar-refractivity contribution in [1.82, 2.24) is 10.2 Å². The first-order valence-electron chi connectivity index (χ1n) is 15.3. The van der Waals surface area contributed by atoms with E-state index in [1.807, 2.05) is 24.3 Å². The van der Waals surface area contributed by atoms with Gasteiger partial charge in [-0.1, -0.05) is 30.3 Å². The number of nitrogens with zero attached hydrogens (tertiary/aromatic N) is 4. The maximum absolute atomic E-state index is 13.5. The van der Waals surface area contributed by atoms with Crippen LogP contribution >= 0.6 is 12.2 Å². The molecule has 0 spiro atoms. The average molecular weight is 631 g/mol. The lowest BCUT2D eigenvalue weighted by molar-refractivity contribution is -0.384. The molecule has 2 saturated heterocycles. The fourth-order valence-corrected chi connectivity index (χ4v) is 6.00. The third-order valence-electron chi connectivity index (χ3n) is 8.08. The number of piperidine rings is 1. The average Bonchev–Trinajstić information content (AvgIpc) is 3.06. The van der Waals surface area contributed by atoms with Crippen LogP contribution in [-0.4, -0.2) is 72.7 Å². The van der Waals surface area contributed by atoms with Gasteiger partial charge in [-0.3, -0.25) is 25.1 Å². The molecule has 11 nitrogen and oxygen atoms in total. The highest BCUT2D eigenvalue weighted by atomic mass is 32.1. The zero-order chi connectivity index (χ0) is 31.8. The summed E-state index contributed by atoms with van der Waals surface area (Å²) >= 11 is 5.58. The molecule has 2 fully saturated rings. The van der Waals surface area contributed by atoms with E-state index in [1.165, 1.54) is 17.7 Å². The number of ether oxygens (including phenoxy) is 1. The summed E-state index contributed by atoms with van der Waals surface area (Å²) in [6.07, 6.45) is 3.07. The quantitative estimate of drug-likeness (QED) is 0.141. The number of non-ortho nitro benzene ring substituents is 1. The molecule has 0 aromatic heterocycles. The molecule has 0 saturated carbocycles. The smallest absolute Gasteiger partial charge is 0.338 e. The number of hydrogen-bond donors (Lipinski definition) is 2. The Bertz CT molecular complexity index is 1540. The summed E-state index contributed by atoms with van der Waals surface area (Å²) in [4.78, 5) is 43.9. The summed E-state index contributed by atoms with van der Waals surface area (Å²) in [6.45, 7) is 7.60. The number of anilines is 3. The highest BCUT2D eigenvalue weighted by Gasteiger charge is 2.24. The second kappa shape index (κ2) is 15.0. The number of amides is 1. The van der Waals surface area contributed by atoms with Crippen LogP contribution in [0.4, 0.5) is 22.7 Å². The maximum Gasteiger partial charge on any atom is 0.338 e. The molecular formula is C33H38N6O5S. The molecule has 0 aliphatic carbocycles. The van der Waals surface area contributed by atoms with Crippen molar-refractivity contribution in [3.63, 3.8) is 0 Å². The van der Waals surface area contributed by atoms with Crippen LogP contribution in [0.2, 0.25) is 0 Å². The zero-order valence-corrected chi connectivity index (χ0v) is 26.2. The number of nitro benzene ring substituents is 1. The number of nitrogens with one attached hydrogen (secondary N) is 2. The number of esters is 1. The Hall–Kier alpha value is -4.55. The summed E-state index contributed by atoms with van der Waals surface area (Å²) in [5, 5.41) is 17.4. The Kier molecular flexibility index (Phi) is 10.6. The largest absolute Gasteiger partial charge is 0.462 e. The molecule has 45 heavy (non-hydrogen) atoms. The summed E-state index contributed by atoms with van der Waals surface area (Å²) in [5.41, 5.74) is 3.66. The highest BCUT2D eigenvalue weighted by Crippen LogP contribution is 2.30. The van der Waals surface area contributed by atoms with Crippen molar-refractivity contribution in [3.05, 3.63) is 93.5 Å². The monoisotopic (exact) mass is 630 g/mol.